The molecular weight excluding hydrogens is 244 g/mol. The first-order chi connectivity index (χ1) is 8.38. The summed E-state index contributed by atoms with van der Waals surface area (Å²) in [6.45, 7) is 12.1. The second-order valence-corrected chi connectivity index (χ2v) is 6.24. The van der Waals surface area contributed by atoms with E-state index in [9.17, 15) is 0 Å². The SMILES string of the molecule is CC(C)CN(Cc1ccc(N)cc1Cl)CC(C)C. The molecule has 0 aliphatic carbocycles. The molecule has 0 unspecified atom stereocenters. The summed E-state index contributed by atoms with van der Waals surface area (Å²) < 4.78 is 0. The van der Waals surface area contributed by atoms with Gasteiger partial charge in [0, 0.05) is 30.3 Å². The minimum atomic E-state index is 0.663. The Morgan fingerprint density at radius 2 is 1.67 bits per heavy atom. The van der Waals surface area contributed by atoms with E-state index in [-0.39, 0.29) is 0 Å². The minimum Gasteiger partial charge on any atom is -0.399 e. The molecule has 0 atom stereocenters. The molecule has 3 heteroatoms. The molecule has 2 N–H and O–H groups in total. The largest absolute Gasteiger partial charge is 0.399 e. The van der Waals surface area contributed by atoms with Crippen LogP contribution in [0.15, 0.2) is 18.2 Å². The summed E-state index contributed by atoms with van der Waals surface area (Å²) in [5.74, 6) is 1.33. The van der Waals surface area contributed by atoms with Gasteiger partial charge < -0.3 is 5.73 Å². The fraction of sp³-hybridized carbons (Fsp3) is 0.600. The van der Waals surface area contributed by atoms with Gasteiger partial charge in [-0.25, -0.2) is 0 Å². The summed E-state index contributed by atoms with van der Waals surface area (Å²) in [5.41, 5.74) is 7.61. The summed E-state index contributed by atoms with van der Waals surface area (Å²) in [6.07, 6.45) is 0. The van der Waals surface area contributed by atoms with E-state index in [1.54, 1.807) is 0 Å². The lowest BCUT2D eigenvalue weighted by Gasteiger charge is -2.26. The lowest BCUT2D eigenvalue weighted by molar-refractivity contribution is 0.211. The minimum absolute atomic E-state index is 0.663. The van der Waals surface area contributed by atoms with Crippen molar-refractivity contribution in [3.05, 3.63) is 28.8 Å². The van der Waals surface area contributed by atoms with Crippen molar-refractivity contribution in [2.24, 2.45) is 11.8 Å². The lowest BCUT2D eigenvalue weighted by Crippen LogP contribution is -2.31. The van der Waals surface area contributed by atoms with E-state index >= 15 is 0 Å². The van der Waals surface area contributed by atoms with Gasteiger partial charge in [-0.15, -0.1) is 0 Å². The summed E-state index contributed by atoms with van der Waals surface area (Å²) in [7, 11) is 0. The average molecular weight is 269 g/mol. The van der Waals surface area contributed by atoms with E-state index < -0.39 is 0 Å². The van der Waals surface area contributed by atoms with Gasteiger partial charge >= 0.3 is 0 Å². The van der Waals surface area contributed by atoms with Crippen molar-refractivity contribution >= 4 is 17.3 Å². The van der Waals surface area contributed by atoms with Gasteiger partial charge in [0.1, 0.15) is 0 Å². The second kappa shape index (κ2) is 7.01. The fourth-order valence-electron chi connectivity index (χ4n) is 2.17. The second-order valence-electron chi connectivity index (χ2n) is 5.83. The standard InChI is InChI=1S/C15H25ClN2/c1-11(2)8-18(9-12(3)4)10-13-5-6-14(17)7-15(13)16/h5-7,11-12H,8-10,17H2,1-4H3. The third-order valence-electron chi connectivity index (χ3n) is 2.72. The molecule has 0 fully saturated rings. The van der Waals surface area contributed by atoms with Crippen molar-refractivity contribution in [3.63, 3.8) is 0 Å². The van der Waals surface area contributed by atoms with Crippen LogP contribution in [0.25, 0.3) is 0 Å². The number of hydrogen-bond acceptors (Lipinski definition) is 2. The third-order valence-corrected chi connectivity index (χ3v) is 3.07. The molecule has 1 rings (SSSR count). The van der Waals surface area contributed by atoms with Crippen LogP contribution in [-0.2, 0) is 6.54 Å². The maximum Gasteiger partial charge on any atom is 0.0471 e. The molecule has 1 aromatic carbocycles. The predicted octanol–water partition coefficient (Wildman–Crippen LogP) is 4.04. The van der Waals surface area contributed by atoms with Crippen LogP contribution in [0.5, 0.6) is 0 Å². The number of rotatable bonds is 6. The normalized spacial score (nSPS) is 11.8. The summed E-state index contributed by atoms with van der Waals surface area (Å²) >= 11 is 6.24. The molecule has 0 saturated carbocycles. The van der Waals surface area contributed by atoms with E-state index in [1.165, 1.54) is 0 Å². The number of halogens is 1. The van der Waals surface area contributed by atoms with E-state index in [0.29, 0.717) is 11.8 Å². The van der Waals surface area contributed by atoms with Crippen LogP contribution in [0, 0.1) is 11.8 Å². The molecule has 0 aliphatic heterocycles. The fourth-order valence-corrected chi connectivity index (χ4v) is 2.42. The Kier molecular flexibility index (Phi) is 5.97. The van der Waals surface area contributed by atoms with Crippen LogP contribution in [0.1, 0.15) is 33.3 Å². The van der Waals surface area contributed by atoms with Crippen LogP contribution in [-0.4, -0.2) is 18.0 Å². The van der Waals surface area contributed by atoms with Crippen molar-refractivity contribution < 1.29 is 0 Å². The van der Waals surface area contributed by atoms with E-state index in [0.717, 1.165) is 35.9 Å². The predicted molar refractivity (Wildman–Crippen MR) is 80.8 cm³/mol. The molecule has 0 heterocycles. The van der Waals surface area contributed by atoms with Gasteiger partial charge in [-0.1, -0.05) is 45.4 Å². The van der Waals surface area contributed by atoms with Crippen LogP contribution in [0.3, 0.4) is 0 Å². The molecule has 0 spiro atoms. The van der Waals surface area contributed by atoms with Gasteiger partial charge in [-0.2, -0.15) is 0 Å². The molecule has 0 radical (unpaired) electrons. The highest BCUT2D eigenvalue weighted by Gasteiger charge is 2.12. The van der Waals surface area contributed by atoms with Crippen molar-refractivity contribution in [1.29, 1.82) is 0 Å². The zero-order valence-electron chi connectivity index (χ0n) is 11.9. The third kappa shape index (κ3) is 5.28. The van der Waals surface area contributed by atoms with E-state index in [2.05, 4.69) is 32.6 Å². The number of anilines is 1. The number of benzene rings is 1. The summed E-state index contributed by atoms with van der Waals surface area (Å²) in [4.78, 5) is 2.47. The van der Waals surface area contributed by atoms with Crippen LogP contribution < -0.4 is 5.73 Å². The lowest BCUT2D eigenvalue weighted by atomic mass is 10.1. The Hall–Kier alpha value is -0.730. The summed E-state index contributed by atoms with van der Waals surface area (Å²) in [6, 6.07) is 5.79. The Morgan fingerprint density at radius 1 is 1.11 bits per heavy atom. The zero-order chi connectivity index (χ0) is 13.7. The Labute approximate surface area is 116 Å². The van der Waals surface area contributed by atoms with Crippen molar-refractivity contribution in [1.82, 2.24) is 4.90 Å². The first-order valence-corrected chi connectivity index (χ1v) is 7.02. The van der Waals surface area contributed by atoms with Gasteiger partial charge in [-0.3, -0.25) is 4.90 Å². The van der Waals surface area contributed by atoms with Gasteiger partial charge in [-0.05, 0) is 29.5 Å². The van der Waals surface area contributed by atoms with Crippen molar-refractivity contribution in [2.75, 3.05) is 18.8 Å². The van der Waals surface area contributed by atoms with Crippen LogP contribution in [0.2, 0.25) is 5.02 Å². The molecule has 102 valence electrons. The molecule has 0 amide bonds. The number of nitrogens with zero attached hydrogens (tertiary/aromatic N) is 1. The average Bonchev–Trinajstić information content (AvgIpc) is 2.20. The Balaban J connectivity index is 2.75. The molecule has 18 heavy (non-hydrogen) atoms. The molecule has 0 bridgehead atoms. The molecule has 0 aromatic heterocycles. The first kappa shape index (κ1) is 15.3. The van der Waals surface area contributed by atoms with E-state index in [1.807, 2.05) is 18.2 Å². The van der Waals surface area contributed by atoms with Crippen LogP contribution >= 0.6 is 11.6 Å². The van der Waals surface area contributed by atoms with Gasteiger partial charge in [0.05, 0.1) is 0 Å². The number of nitrogens with two attached hydrogens (primary N) is 1. The molecule has 0 saturated heterocycles. The smallest absolute Gasteiger partial charge is 0.0471 e. The van der Waals surface area contributed by atoms with Crippen LogP contribution in [0.4, 0.5) is 5.69 Å². The highest BCUT2D eigenvalue weighted by molar-refractivity contribution is 6.31. The quantitative estimate of drug-likeness (QED) is 0.789. The molecular formula is C15H25ClN2. The maximum atomic E-state index is 6.24. The maximum absolute atomic E-state index is 6.24. The van der Waals surface area contributed by atoms with E-state index in [4.69, 9.17) is 17.3 Å². The van der Waals surface area contributed by atoms with Crippen molar-refractivity contribution in [2.45, 2.75) is 34.2 Å². The molecule has 1 aromatic rings. The highest BCUT2D eigenvalue weighted by atomic mass is 35.5. The zero-order valence-corrected chi connectivity index (χ0v) is 12.7. The van der Waals surface area contributed by atoms with Gasteiger partial charge in [0.2, 0.25) is 0 Å². The topological polar surface area (TPSA) is 29.3 Å². The van der Waals surface area contributed by atoms with Gasteiger partial charge in [0.25, 0.3) is 0 Å². The number of hydrogen-bond donors (Lipinski definition) is 1. The van der Waals surface area contributed by atoms with Gasteiger partial charge in [0.15, 0.2) is 0 Å². The monoisotopic (exact) mass is 268 g/mol. The highest BCUT2D eigenvalue weighted by Crippen LogP contribution is 2.21. The Bertz CT molecular complexity index is 365. The first-order valence-electron chi connectivity index (χ1n) is 6.64. The van der Waals surface area contributed by atoms with Crippen molar-refractivity contribution in [3.8, 4) is 0 Å². The molecule has 0 aliphatic rings. The number of nitrogen functional groups attached to an aromatic ring is 1. The molecule has 2 nitrogen and oxygen atoms in total. The Morgan fingerprint density at radius 3 is 2.11 bits per heavy atom. The summed E-state index contributed by atoms with van der Waals surface area (Å²) in [5, 5.41) is 0.771.